The van der Waals surface area contributed by atoms with Crippen LogP contribution in [0.3, 0.4) is 0 Å². The molecule has 0 aliphatic rings. The summed E-state index contributed by atoms with van der Waals surface area (Å²) >= 11 is 1.43. The van der Waals surface area contributed by atoms with E-state index >= 15 is 0 Å². The normalized spacial score (nSPS) is 11.8. The van der Waals surface area contributed by atoms with Crippen LogP contribution >= 0.6 is 11.3 Å². The number of nitrogens with one attached hydrogen (secondary N) is 1. The Kier molecular flexibility index (Phi) is 4.12. The summed E-state index contributed by atoms with van der Waals surface area (Å²) in [7, 11) is -3.64. The number of sulfonamides is 1. The van der Waals surface area contributed by atoms with E-state index in [1.807, 2.05) is 18.4 Å². The molecule has 2 aromatic rings. The molecule has 5 nitrogen and oxygen atoms in total. The maximum atomic E-state index is 12.4. The van der Waals surface area contributed by atoms with Crippen LogP contribution < -0.4 is 10.5 Å². The van der Waals surface area contributed by atoms with E-state index < -0.39 is 10.0 Å². The van der Waals surface area contributed by atoms with Gasteiger partial charge in [-0.3, -0.25) is 0 Å². The minimum atomic E-state index is -3.64. The fourth-order valence-electron chi connectivity index (χ4n) is 1.88. The number of nitrogen functional groups attached to an aromatic ring is 1. The number of hydrogen-bond acceptors (Lipinski definition) is 5. The van der Waals surface area contributed by atoms with Crippen LogP contribution in [0.5, 0.6) is 0 Å². The molecule has 0 saturated carbocycles. The Labute approximate surface area is 122 Å². The summed E-state index contributed by atoms with van der Waals surface area (Å²) < 4.78 is 27.3. The van der Waals surface area contributed by atoms with Gasteiger partial charge in [-0.1, -0.05) is 12.1 Å². The summed E-state index contributed by atoms with van der Waals surface area (Å²) in [5.41, 5.74) is 8.48. The zero-order valence-electron chi connectivity index (χ0n) is 11.6. The summed E-state index contributed by atoms with van der Waals surface area (Å²) in [6.07, 6.45) is 0. The molecule has 0 aliphatic carbocycles. The van der Waals surface area contributed by atoms with Crippen LogP contribution in [0.2, 0.25) is 0 Å². The van der Waals surface area contributed by atoms with Crippen LogP contribution in [0.4, 0.5) is 5.69 Å². The summed E-state index contributed by atoms with van der Waals surface area (Å²) in [4.78, 5) is 4.39. The molecule has 0 spiro atoms. The third kappa shape index (κ3) is 3.00. The minimum absolute atomic E-state index is 0.158. The van der Waals surface area contributed by atoms with Gasteiger partial charge >= 0.3 is 0 Å². The van der Waals surface area contributed by atoms with Gasteiger partial charge in [-0.15, -0.1) is 11.3 Å². The molecule has 3 N–H and O–H groups in total. The van der Waals surface area contributed by atoms with Crippen molar-refractivity contribution in [2.75, 3.05) is 5.73 Å². The van der Waals surface area contributed by atoms with E-state index in [1.54, 1.807) is 19.9 Å². The van der Waals surface area contributed by atoms with Crippen molar-refractivity contribution in [2.24, 2.45) is 0 Å². The number of nitrogens with zero attached hydrogens (tertiary/aromatic N) is 1. The molecule has 0 amide bonds. The van der Waals surface area contributed by atoms with Crippen LogP contribution in [0.1, 0.15) is 21.8 Å². The van der Waals surface area contributed by atoms with E-state index in [4.69, 9.17) is 5.73 Å². The molecular weight excluding hydrogens is 294 g/mol. The first kappa shape index (κ1) is 15.0. The van der Waals surface area contributed by atoms with Crippen molar-refractivity contribution in [3.8, 4) is 0 Å². The summed E-state index contributed by atoms with van der Waals surface area (Å²) in [5, 5.41) is 2.62. The van der Waals surface area contributed by atoms with Crippen LogP contribution in [-0.4, -0.2) is 13.4 Å². The highest BCUT2D eigenvalue weighted by Gasteiger charge is 2.21. The van der Waals surface area contributed by atoms with Crippen molar-refractivity contribution in [2.45, 2.75) is 32.2 Å². The third-order valence-corrected chi connectivity index (χ3v) is 5.53. The van der Waals surface area contributed by atoms with Crippen molar-refractivity contribution >= 4 is 27.0 Å². The molecule has 0 saturated heterocycles. The maximum absolute atomic E-state index is 12.4. The molecule has 0 aliphatic heterocycles. The Morgan fingerprint density at radius 2 is 1.90 bits per heavy atom. The van der Waals surface area contributed by atoms with Gasteiger partial charge in [0.25, 0.3) is 0 Å². The van der Waals surface area contributed by atoms with Crippen molar-refractivity contribution in [1.29, 1.82) is 0 Å². The van der Waals surface area contributed by atoms with E-state index in [0.717, 1.165) is 16.3 Å². The number of aromatic nitrogens is 1. The van der Waals surface area contributed by atoms with Gasteiger partial charge in [0.2, 0.25) is 10.0 Å². The number of anilines is 1. The second-order valence-electron chi connectivity index (χ2n) is 4.65. The fourth-order valence-corrected chi connectivity index (χ4v) is 4.09. The van der Waals surface area contributed by atoms with E-state index in [9.17, 15) is 8.42 Å². The second-order valence-corrected chi connectivity index (χ2v) is 7.30. The number of aryl methyl sites for hydroxylation is 3. The number of thiazole rings is 1. The van der Waals surface area contributed by atoms with E-state index in [1.165, 1.54) is 11.3 Å². The van der Waals surface area contributed by atoms with E-state index in [-0.39, 0.29) is 11.4 Å². The van der Waals surface area contributed by atoms with Gasteiger partial charge in [0.1, 0.15) is 9.90 Å². The zero-order chi connectivity index (χ0) is 14.9. The second kappa shape index (κ2) is 5.51. The molecule has 0 fully saturated rings. The van der Waals surface area contributed by atoms with Gasteiger partial charge in [0.15, 0.2) is 0 Å². The van der Waals surface area contributed by atoms with Crippen molar-refractivity contribution < 1.29 is 8.42 Å². The highest BCUT2D eigenvalue weighted by molar-refractivity contribution is 7.89. The predicted molar refractivity (Wildman–Crippen MR) is 81.2 cm³/mol. The highest BCUT2D eigenvalue weighted by atomic mass is 32.2. The van der Waals surface area contributed by atoms with Crippen molar-refractivity contribution in [3.63, 3.8) is 0 Å². The molecule has 1 heterocycles. The van der Waals surface area contributed by atoms with E-state index in [2.05, 4.69) is 9.71 Å². The van der Waals surface area contributed by atoms with Gasteiger partial charge < -0.3 is 5.73 Å². The first-order chi connectivity index (χ1) is 9.31. The first-order valence-corrected chi connectivity index (χ1v) is 8.44. The molecule has 20 heavy (non-hydrogen) atoms. The largest absolute Gasteiger partial charge is 0.397 e. The Morgan fingerprint density at radius 3 is 2.50 bits per heavy atom. The standard InChI is InChI=1S/C13H17N3O2S2/c1-8-4-5-9(2)13(12(8)14)20(17,18)15-6-11-16-10(3)7-19-11/h4-5,7,15H,6,14H2,1-3H3. The zero-order valence-corrected chi connectivity index (χ0v) is 13.2. The molecule has 1 aromatic carbocycles. The predicted octanol–water partition coefficient (Wildman–Crippen LogP) is 2.13. The summed E-state index contributed by atoms with van der Waals surface area (Å²) in [6.45, 7) is 5.57. The molecule has 0 bridgehead atoms. The average molecular weight is 311 g/mol. The van der Waals surface area contributed by atoms with Gasteiger partial charge in [-0.25, -0.2) is 18.1 Å². The first-order valence-electron chi connectivity index (χ1n) is 6.07. The topological polar surface area (TPSA) is 85.1 Å². The molecule has 0 radical (unpaired) electrons. The van der Waals surface area contributed by atoms with Crippen LogP contribution in [-0.2, 0) is 16.6 Å². The van der Waals surface area contributed by atoms with Crippen LogP contribution in [0.15, 0.2) is 22.4 Å². The number of nitrogens with two attached hydrogens (primary N) is 1. The van der Waals surface area contributed by atoms with Crippen molar-refractivity contribution in [3.05, 3.63) is 39.3 Å². The lowest BCUT2D eigenvalue weighted by Crippen LogP contribution is -2.25. The Hall–Kier alpha value is -1.44. The minimum Gasteiger partial charge on any atom is -0.397 e. The average Bonchev–Trinajstić information content (AvgIpc) is 2.78. The quantitative estimate of drug-likeness (QED) is 0.847. The van der Waals surface area contributed by atoms with Gasteiger partial charge in [-0.2, -0.15) is 0 Å². The molecule has 0 unspecified atom stereocenters. The molecule has 108 valence electrons. The highest BCUT2D eigenvalue weighted by Crippen LogP contribution is 2.25. The van der Waals surface area contributed by atoms with Crippen LogP contribution in [0, 0.1) is 20.8 Å². The van der Waals surface area contributed by atoms with Gasteiger partial charge in [-0.05, 0) is 31.9 Å². The summed E-state index contributed by atoms with van der Waals surface area (Å²) in [5.74, 6) is 0. The fraction of sp³-hybridized carbons (Fsp3) is 0.308. The monoisotopic (exact) mass is 311 g/mol. The molecule has 2 rings (SSSR count). The molecule has 1 aromatic heterocycles. The molecular formula is C13H17N3O2S2. The number of hydrogen-bond donors (Lipinski definition) is 2. The molecule has 0 atom stereocenters. The molecule has 7 heteroatoms. The van der Waals surface area contributed by atoms with Crippen LogP contribution in [0.25, 0.3) is 0 Å². The smallest absolute Gasteiger partial charge is 0.243 e. The lowest BCUT2D eigenvalue weighted by Gasteiger charge is -2.13. The lowest BCUT2D eigenvalue weighted by atomic mass is 10.1. The number of benzene rings is 1. The van der Waals surface area contributed by atoms with Crippen molar-refractivity contribution in [1.82, 2.24) is 9.71 Å². The lowest BCUT2D eigenvalue weighted by molar-refractivity contribution is 0.581. The maximum Gasteiger partial charge on any atom is 0.243 e. The SMILES string of the molecule is Cc1csc(CNS(=O)(=O)c2c(C)ccc(C)c2N)n1. The third-order valence-electron chi connectivity index (χ3n) is 2.96. The summed E-state index contributed by atoms with van der Waals surface area (Å²) in [6, 6.07) is 3.57. The van der Waals surface area contributed by atoms with E-state index in [0.29, 0.717) is 11.3 Å². The number of rotatable bonds is 4. The Balaban J connectivity index is 2.29. The Bertz CT molecular complexity index is 736. The van der Waals surface area contributed by atoms with Gasteiger partial charge in [0.05, 0.1) is 12.2 Å². The Morgan fingerprint density at radius 1 is 1.25 bits per heavy atom. The van der Waals surface area contributed by atoms with Gasteiger partial charge in [0, 0.05) is 11.1 Å².